The van der Waals surface area contributed by atoms with Gasteiger partial charge in [0.25, 0.3) is 0 Å². The second-order valence-electron chi connectivity index (χ2n) is 7.67. The molecule has 4 rings (SSSR count). The molecule has 0 aliphatic carbocycles. The third kappa shape index (κ3) is 4.78. The standard InChI is InChI=1S/C22H26BrN3O4/c23-16-7-5-15(6-8-16)21(22(24)28)26-11-9-25(10-12-26)13-17(27)20-14-29-18-3-1-2-4-19(18)30-20/h1-8,17,20-21,27H,9-14H2,(H2,24,28). The molecule has 0 spiro atoms. The molecule has 1 fully saturated rings. The van der Waals surface area contributed by atoms with Crippen LogP contribution in [0.4, 0.5) is 0 Å². The Hall–Kier alpha value is -2.13. The summed E-state index contributed by atoms with van der Waals surface area (Å²) in [7, 11) is 0. The fraction of sp³-hybridized carbons (Fsp3) is 0.409. The van der Waals surface area contributed by atoms with Crippen LogP contribution in [0.2, 0.25) is 0 Å². The molecule has 0 radical (unpaired) electrons. The highest BCUT2D eigenvalue weighted by Gasteiger charge is 2.32. The van der Waals surface area contributed by atoms with Gasteiger partial charge in [0.05, 0.1) is 0 Å². The molecule has 3 N–H and O–H groups in total. The van der Waals surface area contributed by atoms with Crippen LogP contribution in [0.25, 0.3) is 0 Å². The van der Waals surface area contributed by atoms with Gasteiger partial charge in [-0.15, -0.1) is 0 Å². The summed E-state index contributed by atoms with van der Waals surface area (Å²) in [6.45, 7) is 3.68. The van der Waals surface area contributed by atoms with Crippen molar-refractivity contribution in [3.63, 3.8) is 0 Å². The van der Waals surface area contributed by atoms with Crippen LogP contribution in [0.3, 0.4) is 0 Å². The number of carbonyl (C=O) groups is 1. The van der Waals surface area contributed by atoms with Gasteiger partial charge in [0.1, 0.15) is 18.8 Å². The number of β-amino-alcohol motifs (C(OH)–C–C–N with tert-alkyl or cyclic N) is 1. The van der Waals surface area contributed by atoms with Gasteiger partial charge in [-0.25, -0.2) is 0 Å². The first-order valence-corrected chi connectivity index (χ1v) is 10.9. The lowest BCUT2D eigenvalue weighted by atomic mass is 10.0. The van der Waals surface area contributed by atoms with E-state index in [2.05, 4.69) is 25.7 Å². The lowest BCUT2D eigenvalue weighted by Gasteiger charge is -2.39. The molecular weight excluding hydrogens is 450 g/mol. The van der Waals surface area contributed by atoms with Crippen molar-refractivity contribution >= 4 is 21.8 Å². The van der Waals surface area contributed by atoms with E-state index in [1.54, 1.807) is 0 Å². The first-order chi connectivity index (χ1) is 14.5. The highest BCUT2D eigenvalue weighted by molar-refractivity contribution is 9.10. The molecule has 0 aromatic heterocycles. The van der Waals surface area contributed by atoms with Crippen molar-refractivity contribution in [1.82, 2.24) is 9.80 Å². The molecule has 2 aliphatic rings. The number of hydrogen-bond acceptors (Lipinski definition) is 6. The second-order valence-corrected chi connectivity index (χ2v) is 8.59. The Kier molecular flexibility index (Phi) is 6.58. The molecule has 0 bridgehead atoms. The zero-order valence-corrected chi connectivity index (χ0v) is 18.2. The van der Waals surface area contributed by atoms with E-state index in [9.17, 15) is 9.90 Å². The van der Waals surface area contributed by atoms with Crippen LogP contribution in [-0.4, -0.2) is 72.4 Å². The number of amides is 1. The van der Waals surface area contributed by atoms with Crippen LogP contribution < -0.4 is 15.2 Å². The van der Waals surface area contributed by atoms with E-state index in [0.29, 0.717) is 37.7 Å². The minimum atomic E-state index is -0.664. The van der Waals surface area contributed by atoms with Gasteiger partial charge in [-0.2, -0.15) is 0 Å². The summed E-state index contributed by atoms with van der Waals surface area (Å²) in [5.74, 6) is 1.02. The van der Waals surface area contributed by atoms with Crippen molar-refractivity contribution < 1.29 is 19.4 Å². The zero-order valence-electron chi connectivity index (χ0n) is 16.6. The summed E-state index contributed by atoms with van der Waals surface area (Å²) >= 11 is 3.42. The van der Waals surface area contributed by atoms with Gasteiger partial charge < -0.3 is 20.3 Å². The van der Waals surface area contributed by atoms with Crippen LogP contribution in [0.1, 0.15) is 11.6 Å². The van der Waals surface area contributed by atoms with Gasteiger partial charge in [-0.05, 0) is 29.8 Å². The molecule has 8 heteroatoms. The maximum atomic E-state index is 12.1. The molecular formula is C22H26BrN3O4. The van der Waals surface area contributed by atoms with E-state index in [1.165, 1.54) is 0 Å². The highest BCUT2D eigenvalue weighted by Crippen LogP contribution is 2.32. The monoisotopic (exact) mass is 475 g/mol. The smallest absolute Gasteiger partial charge is 0.239 e. The number of rotatable bonds is 6. The highest BCUT2D eigenvalue weighted by atomic mass is 79.9. The van der Waals surface area contributed by atoms with Gasteiger partial charge in [-0.3, -0.25) is 14.6 Å². The molecule has 160 valence electrons. The first kappa shape index (κ1) is 21.1. The van der Waals surface area contributed by atoms with E-state index < -0.39 is 18.2 Å². The number of para-hydroxylation sites is 2. The van der Waals surface area contributed by atoms with Crippen molar-refractivity contribution in [2.24, 2.45) is 5.73 Å². The average Bonchev–Trinajstić information content (AvgIpc) is 2.76. The van der Waals surface area contributed by atoms with E-state index >= 15 is 0 Å². The summed E-state index contributed by atoms with van der Waals surface area (Å²) < 4.78 is 12.6. The Labute approximate surface area is 184 Å². The van der Waals surface area contributed by atoms with E-state index in [4.69, 9.17) is 15.2 Å². The number of halogens is 1. The first-order valence-electron chi connectivity index (χ1n) is 10.1. The summed E-state index contributed by atoms with van der Waals surface area (Å²) in [6, 6.07) is 14.7. The molecule has 2 heterocycles. The predicted octanol–water partition coefficient (Wildman–Crippen LogP) is 1.79. The van der Waals surface area contributed by atoms with Crippen LogP contribution >= 0.6 is 15.9 Å². The summed E-state index contributed by atoms with van der Waals surface area (Å²) in [6.07, 6.45) is -1.07. The average molecular weight is 476 g/mol. The molecule has 2 aromatic rings. The van der Waals surface area contributed by atoms with E-state index in [-0.39, 0.29) is 5.91 Å². The number of primary amides is 1. The van der Waals surface area contributed by atoms with E-state index in [0.717, 1.165) is 23.1 Å². The Balaban J connectivity index is 1.32. The van der Waals surface area contributed by atoms with Crippen LogP contribution in [-0.2, 0) is 4.79 Å². The fourth-order valence-corrected chi connectivity index (χ4v) is 4.28. The normalized spacial score (nSPS) is 21.7. The Morgan fingerprint density at radius 1 is 1.10 bits per heavy atom. The maximum absolute atomic E-state index is 12.1. The van der Waals surface area contributed by atoms with Crippen LogP contribution in [0.5, 0.6) is 11.5 Å². The number of piperazine rings is 1. The third-order valence-electron chi connectivity index (χ3n) is 5.63. The summed E-state index contributed by atoms with van der Waals surface area (Å²) in [4.78, 5) is 16.4. The minimum Gasteiger partial charge on any atom is -0.486 e. The Morgan fingerprint density at radius 2 is 1.77 bits per heavy atom. The number of fused-ring (bicyclic) bond motifs is 1. The Morgan fingerprint density at radius 3 is 2.43 bits per heavy atom. The quantitative estimate of drug-likeness (QED) is 0.661. The number of nitrogens with two attached hydrogens (primary N) is 1. The number of aliphatic hydroxyl groups excluding tert-OH is 1. The van der Waals surface area contributed by atoms with Crippen LogP contribution in [0.15, 0.2) is 53.0 Å². The number of ether oxygens (including phenoxy) is 2. The lowest BCUT2D eigenvalue weighted by molar-refractivity contribution is -0.124. The number of benzene rings is 2. The molecule has 7 nitrogen and oxygen atoms in total. The molecule has 1 amide bonds. The van der Waals surface area contributed by atoms with Gasteiger partial charge in [0.15, 0.2) is 17.6 Å². The molecule has 3 atom stereocenters. The van der Waals surface area contributed by atoms with Gasteiger partial charge in [0.2, 0.25) is 5.91 Å². The van der Waals surface area contributed by atoms with Gasteiger partial charge in [0, 0.05) is 37.2 Å². The van der Waals surface area contributed by atoms with Crippen molar-refractivity contribution in [1.29, 1.82) is 0 Å². The van der Waals surface area contributed by atoms with Gasteiger partial charge >= 0.3 is 0 Å². The summed E-state index contributed by atoms with van der Waals surface area (Å²) in [5, 5.41) is 10.7. The Bertz CT molecular complexity index is 871. The van der Waals surface area contributed by atoms with Crippen molar-refractivity contribution in [2.75, 3.05) is 39.3 Å². The zero-order chi connectivity index (χ0) is 21.1. The SMILES string of the molecule is NC(=O)C(c1ccc(Br)cc1)N1CCN(CC(O)C2COc3ccccc3O2)CC1. The lowest BCUT2D eigenvalue weighted by Crippen LogP contribution is -2.54. The molecule has 2 aliphatic heterocycles. The van der Waals surface area contributed by atoms with Crippen molar-refractivity contribution in [3.05, 3.63) is 58.6 Å². The van der Waals surface area contributed by atoms with Gasteiger partial charge in [-0.1, -0.05) is 40.2 Å². The predicted molar refractivity (Wildman–Crippen MR) is 116 cm³/mol. The molecule has 0 saturated carbocycles. The maximum Gasteiger partial charge on any atom is 0.239 e. The molecule has 2 aromatic carbocycles. The molecule has 30 heavy (non-hydrogen) atoms. The van der Waals surface area contributed by atoms with Crippen LogP contribution in [0, 0.1) is 0 Å². The number of carbonyl (C=O) groups excluding carboxylic acids is 1. The number of aliphatic hydroxyl groups is 1. The third-order valence-corrected chi connectivity index (χ3v) is 6.16. The minimum absolute atomic E-state index is 0.325. The number of nitrogens with zero attached hydrogens (tertiary/aromatic N) is 2. The van der Waals surface area contributed by atoms with Crippen molar-refractivity contribution in [3.8, 4) is 11.5 Å². The number of hydrogen-bond donors (Lipinski definition) is 2. The second kappa shape index (κ2) is 9.34. The summed E-state index contributed by atoms with van der Waals surface area (Å²) in [5.41, 5.74) is 6.61. The topological polar surface area (TPSA) is 88.3 Å². The molecule has 1 saturated heterocycles. The largest absolute Gasteiger partial charge is 0.486 e. The fourth-order valence-electron chi connectivity index (χ4n) is 4.01. The van der Waals surface area contributed by atoms with Crippen molar-refractivity contribution in [2.45, 2.75) is 18.2 Å². The van der Waals surface area contributed by atoms with E-state index in [1.807, 2.05) is 48.5 Å². The molecule has 3 unspecified atom stereocenters.